The molecular weight excluding hydrogens is 284 g/mol. The first-order valence-corrected chi connectivity index (χ1v) is 7.58. The van der Waals surface area contributed by atoms with E-state index in [1.165, 1.54) is 0 Å². The number of aryl methyl sites for hydroxylation is 1. The molecule has 1 saturated heterocycles. The molecule has 6 heteroatoms. The Hall–Kier alpha value is -2.24. The van der Waals surface area contributed by atoms with Crippen molar-refractivity contribution in [2.45, 2.75) is 19.8 Å². The largest absolute Gasteiger partial charge is 0.508 e. The lowest BCUT2D eigenvalue weighted by Gasteiger charge is -2.34. The van der Waals surface area contributed by atoms with Gasteiger partial charge in [0.2, 0.25) is 5.91 Å². The van der Waals surface area contributed by atoms with Crippen LogP contribution in [0.1, 0.15) is 18.9 Å². The van der Waals surface area contributed by atoms with E-state index in [0.717, 1.165) is 5.56 Å². The molecule has 6 nitrogen and oxygen atoms in total. The van der Waals surface area contributed by atoms with Crippen LogP contribution in [0.15, 0.2) is 24.3 Å². The van der Waals surface area contributed by atoms with Gasteiger partial charge in [-0.25, -0.2) is 4.79 Å². The second kappa shape index (κ2) is 7.68. The van der Waals surface area contributed by atoms with Crippen molar-refractivity contribution in [1.82, 2.24) is 9.80 Å². The van der Waals surface area contributed by atoms with Crippen molar-refractivity contribution in [3.8, 4) is 5.75 Å². The molecule has 0 aliphatic carbocycles. The van der Waals surface area contributed by atoms with Crippen molar-refractivity contribution >= 4 is 12.0 Å². The smallest absolute Gasteiger partial charge is 0.409 e. The van der Waals surface area contributed by atoms with Crippen molar-refractivity contribution in [2.75, 3.05) is 32.8 Å². The number of hydrogen-bond acceptors (Lipinski definition) is 4. The minimum Gasteiger partial charge on any atom is -0.508 e. The normalized spacial score (nSPS) is 14.8. The molecule has 2 rings (SSSR count). The molecule has 0 saturated carbocycles. The van der Waals surface area contributed by atoms with Gasteiger partial charge in [0, 0.05) is 32.6 Å². The van der Waals surface area contributed by atoms with Gasteiger partial charge in [-0.15, -0.1) is 0 Å². The minimum atomic E-state index is -0.316. The predicted octanol–water partition coefficient (Wildman–Crippen LogP) is 1.63. The van der Waals surface area contributed by atoms with E-state index in [9.17, 15) is 14.7 Å². The molecule has 1 aliphatic heterocycles. The molecule has 0 bridgehead atoms. The predicted molar refractivity (Wildman–Crippen MR) is 81.6 cm³/mol. The highest BCUT2D eigenvalue weighted by Crippen LogP contribution is 2.18. The maximum atomic E-state index is 12.2. The topological polar surface area (TPSA) is 70.1 Å². The summed E-state index contributed by atoms with van der Waals surface area (Å²) in [7, 11) is 0. The first kappa shape index (κ1) is 16.1. The maximum absolute atomic E-state index is 12.2. The summed E-state index contributed by atoms with van der Waals surface area (Å²) in [6.45, 7) is 4.19. The van der Waals surface area contributed by atoms with Crippen LogP contribution >= 0.6 is 0 Å². The molecule has 1 aliphatic rings. The summed E-state index contributed by atoms with van der Waals surface area (Å²) in [5, 5.41) is 9.70. The number of rotatable bonds is 4. The molecule has 1 heterocycles. The highest BCUT2D eigenvalue weighted by atomic mass is 16.6. The van der Waals surface area contributed by atoms with E-state index in [0.29, 0.717) is 45.6 Å². The van der Waals surface area contributed by atoms with Gasteiger partial charge in [-0.2, -0.15) is 0 Å². The van der Waals surface area contributed by atoms with Crippen LogP contribution < -0.4 is 0 Å². The van der Waals surface area contributed by atoms with Crippen LogP contribution in [-0.2, 0) is 16.0 Å². The van der Waals surface area contributed by atoms with Gasteiger partial charge in [0.1, 0.15) is 5.75 Å². The number of benzene rings is 1. The van der Waals surface area contributed by atoms with Crippen LogP contribution in [-0.4, -0.2) is 59.7 Å². The number of ether oxygens (including phenoxy) is 1. The van der Waals surface area contributed by atoms with Crippen molar-refractivity contribution in [2.24, 2.45) is 0 Å². The first-order valence-electron chi connectivity index (χ1n) is 7.58. The maximum Gasteiger partial charge on any atom is 0.409 e. The van der Waals surface area contributed by atoms with Gasteiger partial charge in [-0.1, -0.05) is 18.2 Å². The fourth-order valence-electron chi connectivity index (χ4n) is 2.48. The lowest BCUT2D eigenvalue weighted by molar-refractivity contribution is -0.132. The number of phenols is 1. The molecule has 0 spiro atoms. The van der Waals surface area contributed by atoms with E-state index >= 15 is 0 Å². The van der Waals surface area contributed by atoms with Crippen molar-refractivity contribution < 1.29 is 19.4 Å². The third kappa shape index (κ3) is 4.13. The monoisotopic (exact) mass is 306 g/mol. The highest BCUT2D eigenvalue weighted by molar-refractivity contribution is 5.77. The summed E-state index contributed by atoms with van der Waals surface area (Å²) >= 11 is 0. The zero-order chi connectivity index (χ0) is 15.9. The Bertz CT molecular complexity index is 525. The second-order valence-corrected chi connectivity index (χ2v) is 5.20. The van der Waals surface area contributed by atoms with Crippen LogP contribution in [0.3, 0.4) is 0 Å². The van der Waals surface area contributed by atoms with Crippen molar-refractivity contribution in [3.05, 3.63) is 29.8 Å². The highest BCUT2D eigenvalue weighted by Gasteiger charge is 2.24. The number of aromatic hydroxyl groups is 1. The van der Waals surface area contributed by atoms with E-state index in [4.69, 9.17) is 4.74 Å². The summed E-state index contributed by atoms with van der Waals surface area (Å²) < 4.78 is 4.95. The molecule has 0 atom stereocenters. The molecule has 0 aromatic heterocycles. The Morgan fingerprint density at radius 2 is 1.77 bits per heavy atom. The summed E-state index contributed by atoms with van der Waals surface area (Å²) in [4.78, 5) is 27.2. The average Bonchev–Trinajstić information content (AvgIpc) is 2.54. The van der Waals surface area contributed by atoms with Gasteiger partial charge in [-0.3, -0.25) is 4.79 Å². The third-order valence-electron chi connectivity index (χ3n) is 3.76. The zero-order valence-electron chi connectivity index (χ0n) is 12.8. The van der Waals surface area contributed by atoms with Crippen LogP contribution in [0.5, 0.6) is 5.75 Å². The molecule has 1 N–H and O–H groups in total. The van der Waals surface area contributed by atoms with Crippen molar-refractivity contribution in [3.63, 3.8) is 0 Å². The Balaban J connectivity index is 1.78. The van der Waals surface area contributed by atoms with Crippen LogP contribution in [0, 0.1) is 0 Å². The van der Waals surface area contributed by atoms with E-state index < -0.39 is 0 Å². The molecule has 1 aromatic carbocycles. The first-order chi connectivity index (χ1) is 10.6. The molecule has 22 heavy (non-hydrogen) atoms. The van der Waals surface area contributed by atoms with Crippen LogP contribution in [0.2, 0.25) is 0 Å². The summed E-state index contributed by atoms with van der Waals surface area (Å²) in [5.74, 6) is 0.272. The average molecular weight is 306 g/mol. The van der Waals surface area contributed by atoms with Crippen molar-refractivity contribution in [1.29, 1.82) is 0 Å². The molecule has 2 amide bonds. The molecular formula is C16H22N2O4. The summed E-state index contributed by atoms with van der Waals surface area (Å²) in [5.41, 5.74) is 0.779. The van der Waals surface area contributed by atoms with Gasteiger partial charge in [0.25, 0.3) is 0 Å². The van der Waals surface area contributed by atoms with Gasteiger partial charge >= 0.3 is 6.09 Å². The van der Waals surface area contributed by atoms with Gasteiger partial charge < -0.3 is 19.6 Å². The zero-order valence-corrected chi connectivity index (χ0v) is 12.8. The van der Waals surface area contributed by atoms with Gasteiger partial charge in [-0.05, 0) is 25.0 Å². The number of phenolic OH excluding ortho intramolecular Hbond substituents is 1. The Morgan fingerprint density at radius 1 is 1.14 bits per heavy atom. The standard InChI is InChI=1S/C16H22N2O4/c1-2-22-16(21)18-11-9-17(10-12-18)15(20)8-7-13-5-3-4-6-14(13)19/h3-6,19H,2,7-12H2,1H3. The number of amides is 2. The minimum absolute atomic E-state index is 0.0479. The summed E-state index contributed by atoms with van der Waals surface area (Å²) in [6.07, 6.45) is 0.560. The summed E-state index contributed by atoms with van der Waals surface area (Å²) in [6, 6.07) is 7.05. The Labute approximate surface area is 130 Å². The Morgan fingerprint density at radius 3 is 2.41 bits per heavy atom. The molecule has 0 unspecified atom stereocenters. The number of carbonyl (C=O) groups excluding carboxylic acids is 2. The van der Waals surface area contributed by atoms with Gasteiger partial charge in [0.05, 0.1) is 6.61 Å². The lowest BCUT2D eigenvalue weighted by Crippen LogP contribution is -2.50. The number of nitrogens with zero attached hydrogens (tertiary/aromatic N) is 2. The fraction of sp³-hybridized carbons (Fsp3) is 0.500. The van der Waals surface area contributed by atoms with E-state index in [-0.39, 0.29) is 17.7 Å². The number of carbonyl (C=O) groups is 2. The SMILES string of the molecule is CCOC(=O)N1CCN(C(=O)CCc2ccccc2O)CC1. The van der Waals surface area contributed by atoms with Crippen LogP contribution in [0.25, 0.3) is 0 Å². The Kier molecular flexibility index (Phi) is 5.63. The van der Waals surface area contributed by atoms with Gasteiger partial charge in [0.15, 0.2) is 0 Å². The van der Waals surface area contributed by atoms with E-state index in [2.05, 4.69) is 0 Å². The molecule has 1 aromatic rings. The second-order valence-electron chi connectivity index (χ2n) is 5.20. The molecule has 0 radical (unpaired) electrons. The quantitative estimate of drug-likeness (QED) is 0.918. The van der Waals surface area contributed by atoms with Crippen LogP contribution in [0.4, 0.5) is 4.79 Å². The fourth-order valence-corrected chi connectivity index (χ4v) is 2.48. The number of para-hydroxylation sites is 1. The number of hydrogen-bond donors (Lipinski definition) is 1. The van der Waals surface area contributed by atoms with E-state index in [1.807, 2.05) is 12.1 Å². The van der Waals surface area contributed by atoms with E-state index in [1.54, 1.807) is 28.9 Å². The lowest BCUT2D eigenvalue weighted by atomic mass is 10.1. The molecule has 1 fully saturated rings. The molecule has 120 valence electrons. The number of piperazine rings is 1. The third-order valence-corrected chi connectivity index (χ3v) is 3.76.